The first-order chi connectivity index (χ1) is 5.68. The zero-order valence-electron chi connectivity index (χ0n) is 6.29. The third-order valence-corrected chi connectivity index (χ3v) is 1.81. The normalized spacial score (nSPS) is 10.8. The second kappa shape index (κ2) is 2.28. The van der Waals surface area contributed by atoms with Gasteiger partial charge in [0.2, 0.25) is 4.77 Å². The van der Waals surface area contributed by atoms with E-state index >= 15 is 0 Å². The van der Waals surface area contributed by atoms with E-state index in [1.54, 1.807) is 13.0 Å². The van der Waals surface area contributed by atoms with Crippen molar-refractivity contribution in [1.82, 2.24) is 19.8 Å². The smallest absolute Gasteiger partial charge is 0.272 e. The number of aryl methyl sites for hydroxylation is 1. The van der Waals surface area contributed by atoms with Crippen LogP contribution >= 0.6 is 12.2 Å². The number of nitrogens with zero attached hydrogens (tertiary/aromatic N) is 2. The predicted octanol–water partition coefficient (Wildman–Crippen LogP) is 0.389. The zero-order chi connectivity index (χ0) is 8.72. The number of aromatic nitrogens is 4. The molecule has 2 aromatic rings. The third-order valence-electron chi connectivity index (χ3n) is 1.54. The molecule has 0 aliphatic carbocycles. The maximum Gasteiger partial charge on any atom is 0.288 e. The number of nitrogens with one attached hydrogen (secondary N) is 2. The van der Waals surface area contributed by atoms with E-state index in [0.29, 0.717) is 10.3 Å². The van der Waals surface area contributed by atoms with E-state index in [1.807, 2.05) is 0 Å². The van der Waals surface area contributed by atoms with Gasteiger partial charge in [-0.15, -0.1) is 0 Å². The Bertz CT molecular complexity index is 487. The second-order valence-electron chi connectivity index (χ2n) is 2.47. The highest BCUT2D eigenvalue weighted by atomic mass is 32.1. The Kier molecular flexibility index (Phi) is 1.37. The molecule has 2 aromatic heterocycles. The molecule has 2 rings (SSSR count). The van der Waals surface area contributed by atoms with Crippen LogP contribution in [0.1, 0.15) is 5.69 Å². The highest BCUT2D eigenvalue weighted by Crippen LogP contribution is 1.98. The molecule has 0 amide bonds. The Morgan fingerprint density at radius 2 is 2.33 bits per heavy atom. The van der Waals surface area contributed by atoms with Crippen molar-refractivity contribution in [2.45, 2.75) is 6.92 Å². The summed E-state index contributed by atoms with van der Waals surface area (Å²) >= 11 is 4.90. The molecule has 2 N–H and O–H groups in total. The first kappa shape index (κ1) is 7.23. The van der Waals surface area contributed by atoms with Gasteiger partial charge in [-0.25, -0.2) is 4.52 Å². The molecule has 0 atom stereocenters. The fourth-order valence-electron chi connectivity index (χ4n) is 1.04. The molecule has 6 heteroatoms. The van der Waals surface area contributed by atoms with Crippen LogP contribution in [0.5, 0.6) is 0 Å². The summed E-state index contributed by atoms with van der Waals surface area (Å²) in [5, 5.41) is 8.98. The highest BCUT2D eigenvalue weighted by molar-refractivity contribution is 7.71. The van der Waals surface area contributed by atoms with E-state index < -0.39 is 0 Å². The van der Waals surface area contributed by atoms with Crippen molar-refractivity contribution in [3.63, 3.8) is 0 Å². The number of fused-ring (bicyclic) bond motifs is 1. The van der Waals surface area contributed by atoms with Crippen molar-refractivity contribution in [1.29, 1.82) is 0 Å². The standard InChI is InChI=1S/C6H6N4OS/c1-3-2-4-5(11)7-8-6(12)10(4)9-3/h2H,1H3,(H,7,11)(H,8,12). The van der Waals surface area contributed by atoms with Crippen LogP contribution < -0.4 is 5.56 Å². The van der Waals surface area contributed by atoms with Crippen LogP contribution in [0.2, 0.25) is 0 Å². The van der Waals surface area contributed by atoms with E-state index in [2.05, 4.69) is 15.3 Å². The molecule has 0 bridgehead atoms. The van der Waals surface area contributed by atoms with Crippen molar-refractivity contribution in [2.75, 3.05) is 0 Å². The van der Waals surface area contributed by atoms with Gasteiger partial charge in [0.05, 0.1) is 5.69 Å². The maximum absolute atomic E-state index is 11.2. The van der Waals surface area contributed by atoms with Crippen LogP contribution in [-0.4, -0.2) is 19.8 Å². The van der Waals surface area contributed by atoms with Crippen LogP contribution in [-0.2, 0) is 0 Å². The summed E-state index contributed by atoms with van der Waals surface area (Å²) in [6, 6.07) is 1.68. The summed E-state index contributed by atoms with van der Waals surface area (Å²) in [4.78, 5) is 11.2. The lowest BCUT2D eigenvalue weighted by molar-refractivity contribution is 0.818. The molecule has 0 saturated carbocycles. The van der Waals surface area contributed by atoms with Crippen molar-refractivity contribution in [3.05, 3.63) is 26.9 Å². The lowest BCUT2D eigenvalue weighted by atomic mass is 10.4. The zero-order valence-corrected chi connectivity index (χ0v) is 7.10. The van der Waals surface area contributed by atoms with Crippen LogP contribution in [0.4, 0.5) is 0 Å². The van der Waals surface area contributed by atoms with Gasteiger partial charge in [0.15, 0.2) is 0 Å². The van der Waals surface area contributed by atoms with E-state index in [9.17, 15) is 4.79 Å². The van der Waals surface area contributed by atoms with Crippen LogP contribution in [0.15, 0.2) is 10.9 Å². The lowest BCUT2D eigenvalue weighted by Crippen LogP contribution is -2.12. The number of aromatic amines is 2. The summed E-state index contributed by atoms with van der Waals surface area (Å²) in [7, 11) is 0. The quantitative estimate of drug-likeness (QED) is 0.579. The molecule has 5 nitrogen and oxygen atoms in total. The molecule has 2 heterocycles. The first-order valence-electron chi connectivity index (χ1n) is 3.36. The Balaban J connectivity index is 3.14. The van der Waals surface area contributed by atoms with Gasteiger partial charge in [0, 0.05) is 0 Å². The van der Waals surface area contributed by atoms with Crippen molar-refractivity contribution < 1.29 is 0 Å². The summed E-state index contributed by atoms with van der Waals surface area (Å²) < 4.78 is 1.79. The molecule has 0 aliphatic rings. The molecule has 0 unspecified atom stereocenters. The minimum absolute atomic E-state index is 0.218. The monoisotopic (exact) mass is 182 g/mol. The molecule has 0 fully saturated rings. The SMILES string of the molecule is Cc1cc2c(=O)[nH][nH]c(=S)n2n1. The summed E-state index contributed by atoms with van der Waals surface area (Å²) in [5.41, 5.74) is 1.02. The number of hydrogen-bond acceptors (Lipinski definition) is 3. The van der Waals surface area contributed by atoms with Crippen LogP contribution in [0.25, 0.3) is 5.52 Å². The van der Waals surface area contributed by atoms with Gasteiger partial charge in [-0.1, -0.05) is 0 Å². The maximum atomic E-state index is 11.2. The minimum Gasteiger partial charge on any atom is -0.272 e. The fourth-order valence-corrected chi connectivity index (χ4v) is 1.23. The largest absolute Gasteiger partial charge is 0.288 e. The molecule has 0 aromatic carbocycles. The van der Waals surface area contributed by atoms with Gasteiger partial charge < -0.3 is 0 Å². The molecular formula is C6H6N4OS. The molecule has 0 aliphatic heterocycles. The first-order valence-corrected chi connectivity index (χ1v) is 3.76. The molecule has 0 saturated heterocycles. The summed E-state index contributed by atoms with van der Waals surface area (Å²) in [5.74, 6) is 0. The third kappa shape index (κ3) is 0.884. The molecular weight excluding hydrogens is 176 g/mol. The van der Waals surface area contributed by atoms with E-state index in [0.717, 1.165) is 5.69 Å². The van der Waals surface area contributed by atoms with Crippen molar-refractivity contribution >= 4 is 17.7 Å². The minimum atomic E-state index is -0.218. The average Bonchev–Trinajstić information content (AvgIpc) is 2.41. The van der Waals surface area contributed by atoms with E-state index in [4.69, 9.17) is 12.2 Å². The van der Waals surface area contributed by atoms with Crippen molar-refractivity contribution in [2.24, 2.45) is 0 Å². The second-order valence-corrected chi connectivity index (χ2v) is 2.85. The number of rotatable bonds is 0. The number of hydrogen-bond donors (Lipinski definition) is 2. The van der Waals surface area contributed by atoms with Crippen LogP contribution in [0.3, 0.4) is 0 Å². The molecule has 0 spiro atoms. The van der Waals surface area contributed by atoms with Gasteiger partial charge in [0.1, 0.15) is 5.52 Å². The highest BCUT2D eigenvalue weighted by Gasteiger charge is 2.01. The van der Waals surface area contributed by atoms with Gasteiger partial charge in [-0.2, -0.15) is 5.10 Å². The van der Waals surface area contributed by atoms with Gasteiger partial charge >= 0.3 is 0 Å². The van der Waals surface area contributed by atoms with Gasteiger partial charge in [-0.3, -0.25) is 15.0 Å². The predicted molar refractivity (Wildman–Crippen MR) is 45.7 cm³/mol. The summed E-state index contributed by atoms with van der Waals surface area (Å²) in [6.07, 6.45) is 0. The van der Waals surface area contributed by atoms with E-state index in [-0.39, 0.29) is 5.56 Å². The summed E-state index contributed by atoms with van der Waals surface area (Å²) in [6.45, 7) is 1.81. The lowest BCUT2D eigenvalue weighted by Gasteiger charge is -1.89. The molecule has 12 heavy (non-hydrogen) atoms. The molecule has 62 valence electrons. The average molecular weight is 182 g/mol. The Morgan fingerprint density at radius 3 is 3.00 bits per heavy atom. The Hall–Kier alpha value is -1.43. The van der Waals surface area contributed by atoms with Crippen LogP contribution in [0, 0.1) is 11.7 Å². The Labute approximate surface area is 72.0 Å². The van der Waals surface area contributed by atoms with Gasteiger partial charge in [0.25, 0.3) is 5.56 Å². The molecule has 0 radical (unpaired) electrons. The van der Waals surface area contributed by atoms with E-state index in [1.165, 1.54) is 4.52 Å². The number of H-pyrrole nitrogens is 2. The van der Waals surface area contributed by atoms with Gasteiger partial charge in [-0.05, 0) is 25.2 Å². The topological polar surface area (TPSA) is 66.0 Å². The fraction of sp³-hybridized carbons (Fsp3) is 0.167. The van der Waals surface area contributed by atoms with Crippen molar-refractivity contribution in [3.8, 4) is 0 Å². The Morgan fingerprint density at radius 1 is 1.58 bits per heavy atom.